The Morgan fingerprint density at radius 3 is 2.44 bits per heavy atom. The third-order valence-corrected chi connectivity index (χ3v) is 10.0. The molecule has 262 valence electrons. The zero-order valence-corrected chi connectivity index (χ0v) is 29.2. The van der Waals surface area contributed by atoms with E-state index in [9.17, 15) is 24.0 Å². The standard InChI is InChI=1S/C35H49ClN6O6/c1-5-10-24(29(44)32(46)37-22-15-16-22)39-31(45)26-19-35(18-25(41-48-35)23-13-9-14-27(36)38-23)20-42(26)33(47)30(34(2,3)4)40-28(43)17-21-11-7-6-8-12-21/h9,13-14,21-22,24,26,30H,5-8,10-12,15-20H2,1-4H3,(H,37,46)(H,39,45)(H,40,43)/t24-,26-,30+,35+/m0/s1. The highest BCUT2D eigenvalue weighted by molar-refractivity contribution is 6.38. The molecule has 0 aromatic carbocycles. The van der Waals surface area contributed by atoms with Crippen LogP contribution < -0.4 is 16.0 Å². The number of carbonyl (C=O) groups excluding carboxylic acids is 5. The summed E-state index contributed by atoms with van der Waals surface area (Å²) in [6.45, 7) is 7.53. The normalized spacial score (nSPS) is 24.0. The molecule has 0 unspecified atom stereocenters. The first-order valence-corrected chi connectivity index (χ1v) is 17.8. The van der Waals surface area contributed by atoms with Crippen LogP contribution in [0.15, 0.2) is 23.4 Å². The summed E-state index contributed by atoms with van der Waals surface area (Å²) in [6.07, 6.45) is 8.55. The summed E-state index contributed by atoms with van der Waals surface area (Å²) in [5.74, 6) is -2.30. The number of ketones is 1. The fraction of sp³-hybridized carbons (Fsp3) is 0.686. The second-order valence-electron chi connectivity index (χ2n) is 15.1. The second-order valence-corrected chi connectivity index (χ2v) is 15.4. The lowest BCUT2D eigenvalue weighted by atomic mass is 9.84. The maximum absolute atomic E-state index is 14.5. The molecule has 2 saturated carbocycles. The van der Waals surface area contributed by atoms with Gasteiger partial charge in [0.15, 0.2) is 5.60 Å². The van der Waals surface area contributed by atoms with Gasteiger partial charge >= 0.3 is 0 Å². The van der Waals surface area contributed by atoms with Gasteiger partial charge in [0.05, 0.1) is 18.3 Å². The van der Waals surface area contributed by atoms with Crippen molar-refractivity contribution in [3.8, 4) is 0 Å². The summed E-state index contributed by atoms with van der Waals surface area (Å²) >= 11 is 6.13. The number of nitrogens with zero attached hydrogens (tertiary/aromatic N) is 3. The number of nitrogens with one attached hydrogen (secondary N) is 3. The molecule has 2 aliphatic carbocycles. The van der Waals surface area contributed by atoms with Crippen LogP contribution >= 0.6 is 11.6 Å². The summed E-state index contributed by atoms with van der Waals surface area (Å²) in [5, 5.41) is 13.1. The quantitative estimate of drug-likeness (QED) is 0.223. The first-order chi connectivity index (χ1) is 22.8. The molecule has 3 N–H and O–H groups in total. The van der Waals surface area contributed by atoms with E-state index in [1.54, 1.807) is 18.2 Å². The molecule has 3 heterocycles. The van der Waals surface area contributed by atoms with Crippen molar-refractivity contribution < 1.29 is 28.8 Å². The molecule has 0 bridgehead atoms. The number of carbonyl (C=O) groups is 5. The Kier molecular flexibility index (Phi) is 11.1. The van der Waals surface area contributed by atoms with Gasteiger partial charge in [0.2, 0.25) is 23.5 Å². The van der Waals surface area contributed by atoms with E-state index in [-0.39, 0.29) is 43.7 Å². The Labute approximate surface area is 287 Å². The van der Waals surface area contributed by atoms with Gasteiger partial charge in [0.1, 0.15) is 22.9 Å². The van der Waals surface area contributed by atoms with Crippen LogP contribution in [-0.4, -0.2) is 81.3 Å². The number of aromatic nitrogens is 1. The zero-order valence-electron chi connectivity index (χ0n) is 28.5. The number of rotatable bonds is 12. The van der Waals surface area contributed by atoms with E-state index in [0.717, 1.165) is 38.5 Å². The molecule has 2 aliphatic heterocycles. The van der Waals surface area contributed by atoms with E-state index >= 15 is 0 Å². The van der Waals surface area contributed by atoms with Crippen LogP contribution in [0.4, 0.5) is 0 Å². The third kappa shape index (κ3) is 8.73. The number of Topliss-reactive ketones (excluding diaryl/α,β-unsaturated/α-hetero) is 1. The Hall–Kier alpha value is -3.54. The number of hydrogen-bond donors (Lipinski definition) is 3. The van der Waals surface area contributed by atoms with Crippen molar-refractivity contribution in [3.05, 3.63) is 29.0 Å². The largest absolute Gasteiger partial charge is 0.386 e. The summed E-state index contributed by atoms with van der Waals surface area (Å²) in [5.41, 5.74) is -0.655. The molecule has 48 heavy (non-hydrogen) atoms. The van der Waals surface area contributed by atoms with Crippen LogP contribution in [0.1, 0.15) is 110 Å². The van der Waals surface area contributed by atoms with Gasteiger partial charge in [-0.3, -0.25) is 24.0 Å². The molecule has 5 rings (SSSR count). The minimum absolute atomic E-state index is 0.00687. The number of pyridine rings is 1. The maximum Gasteiger partial charge on any atom is 0.289 e. The van der Waals surface area contributed by atoms with Crippen LogP contribution in [0.3, 0.4) is 0 Å². The summed E-state index contributed by atoms with van der Waals surface area (Å²) < 4.78 is 0. The molecule has 1 aromatic heterocycles. The average molecular weight is 685 g/mol. The summed E-state index contributed by atoms with van der Waals surface area (Å²) in [7, 11) is 0. The Morgan fingerprint density at radius 1 is 1.06 bits per heavy atom. The topological polar surface area (TPSA) is 159 Å². The highest BCUT2D eigenvalue weighted by Crippen LogP contribution is 2.40. The van der Waals surface area contributed by atoms with Gasteiger partial charge in [-0.1, -0.05) is 76.2 Å². The van der Waals surface area contributed by atoms with Crippen molar-refractivity contribution in [3.63, 3.8) is 0 Å². The number of halogens is 1. The molecule has 1 aromatic rings. The minimum atomic E-state index is -1.05. The van der Waals surface area contributed by atoms with Crippen LogP contribution in [0, 0.1) is 11.3 Å². The summed E-state index contributed by atoms with van der Waals surface area (Å²) in [4.78, 5) is 79.6. The molecule has 0 radical (unpaired) electrons. The van der Waals surface area contributed by atoms with Gasteiger partial charge < -0.3 is 25.7 Å². The monoisotopic (exact) mass is 684 g/mol. The van der Waals surface area contributed by atoms with Gasteiger partial charge in [-0.25, -0.2) is 4.98 Å². The van der Waals surface area contributed by atoms with E-state index in [1.807, 2.05) is 27.7 Å². The SMILES string of the molecule is CCC[C@H](NC(=O)[C@@H]1C[C@]2(CC(c3cccc(Cl)n3)=NO2)CN1C(=O)[C@@H](NC(=O)CC1CCCCC1)C(C)(C)C)C(=O)C(=O)NC1CC1. The molecule has 4 amide bonds. The first kappa shape index (κ1) is 35.8. The number of oxime groups is 1. The van der Waals surface area contributed by atoms with Crippen molar-refractivity contribution in [2.45, 2.75) is 135 Å². The Morgan fingerprint density at radius 2 is 1.79 bits per heavy atom. The highest BCUT2D eigenvalue weighted by atomic mass is 35.5. The number of amides is 4. The predicted octanol–water partition coefficient (Wildman–Crippen LogP) is 3.83. The molecule has 12 nitrogen and oxygen atoms in total. The average Bonchev–Trinajstić information content (AvgIpc) is 3.63. The maximum atomic E-state index is 14.5. The number of likely N-dealkylation sites (tertiary alicyclic amines) is 1. The highest BCUT2D eigenvalue weighted by Gasteiger charge is 2.56. The fourth-order valence-corrected chi connectivity index (χ4v) is 7.16. The van der Waals surface area contributed by atoms with E-state index in [1.165, 1.54) is 11.3 Å². The molecular formula is C35H49ClN6O6. The lowest BCUT2D eigenvalue weighted by Crippen LogP contribution is -2.59. The lowest BCUT2D eigenvalue weighted by Gasteiger charge is -2.36. The van der Waals surface area contributed by atoms with Gasteiger partial charge in [-0.05, 0) is 55.6 Å². The van der Waals surface area contributed by atoms with Gasteiger partial charge in [-0.15, -0.1) is 0 Å². The summed E-state index contributed by atoms with van der Waals surface area (Å²) in [6, 6.07) is 2.16. The lowest BCUT2D eigenvalue weighted by molar-refractivity contribution is -0.145. The van der Waals surface area contributed by atoms with Crippen molar-refractivity contribution in [2.24, 2.45) is 16.5 Å². The smallest absolute Gasteiger partial charge is 0.289 e. The molecular weight excluding hydrogens is 636 g/mol. The molecule has 13 heteroatoms. The molecule has 1 spiro atoms. The van der Waals surface area contributed by atoms with Crippen LogP contribution in [0.25, 0.3) is 0 Å². The Balaban J connectivity index is 1.38. The van der Waals surface area contributed by atoms with Gasteiger partial charge in [0.25, 0.3) is 5.91 Å². The Bertz CT molecular complexity index is 1430. The van der Waals surface area contributed by atoms with Crippen molar-refractivity contribution in [2.75, 3.05) is 6.54 Å². The molecule has 1 saturated heterocycles. The van der Waals surface area contributed by atoms with Gasteiger partial charge in [0, 0.05) is 25.3 Å². The van der Waals surface area contributed by atoms with E-state index in [0.29, 0.717) is 29.4 Å². The molecule has 4 atom stereocenters. The van der Waals surface area contributed by atoms with Crippen molar-refractivity contribution in [1.29, 1.82) is 0 Å². The number of hydrogen-bond acceptors (Lipinski definition) is 8. The first-order valence-electron chi connectivity index (χ1n) is 17.4. The predicted molar refractivity (Wildman–Crippen MR) is 180 cm³/mol. The van der Waals surface area contributed by atoms with E-state index < -0.39 is 52.6 Å². The van der Waals surface area contributed by atoms with Crippen molar-refractivity contribution in [1.82, 2.24) is 25.8 Å². The van der Waals surface area contributed by atoms with Crippen LogP contribution in [0.5, 0.6) is 0 Å². The van der Waals surface area contributed by atoms with Crippen LogP contribution in [-0.2, 0) is 28.8 Å². The minimum Gasteiger partial charge on any atom is -0.386 e. The van der Waals surface area contributed by atoms with E-state index in [4.69, 9.17) is 16.4 Å². The van der Waals surface area contributed by atoms with Crippen LogP contribution in [0.2, 0.25) is 5.15 Å². The second kappa shape index (κ2) is 14.9. The van der Waals surface area contributed by atoms with Gasteiger partial charge in [-0.2, -0.15) is 0 Å². The fourth-order valence-electron chi connectivity index (χ4n) is 6.99. The molecule has 4 aliphatic rings. The van der Waals surface area contributed by atoms with E-state index in [2.05, 4.69) is 26.1 Å². The zero-order chi connectivity index (χ0) is 34.6. The molecule has 3 fully saturated rings. The van der Waals surface area contributed by atoms with Crippen molar-refractivity contribution >= 4 is 46.7 Å². The third-order valence-electron chi connectivity index (χ3n) is 9.80.